The molecule has 11 heteroatoms. The molecule has 2 saturated heterocycles. The molecule has 2 fully saturated rings. The quantitative estimate of drug-likeness (QED) is 0.219. The van der Waals surface area contributed by atoms with Gasteiger partial charge in [0.15, 0.2) is 5.82 Å². The fraction of sp³-hybridized carbons (Fsp3) is 0.474. The molecule has 2 aromatic carbocycles. The molecule has 0 unspecified atom stereocenters. The molecule has 0 N–H and O–H groups in total. The van der Waals surface area contributed by atoms with Gasteiger partial charge in [0.05, 0.1) is 30.7 Å². The zero-order valence-electron chi connectivity index (χ0n) is 28.9. The smallest absolute Gasteiger partial charge is 0.256 e. The summed E-state index contributed by atoms with van der Waals surface area (Å²) in [5.74, 6) is 0.714. The van der Waals surface area contributed by atoms with Crippen LogP contribution >= 0.6 is 0 Å². The highest BCUT2D eigenvalue weighted by atomic mass is 19.1. The molecule has 0 bridgehead atoms. The molecule has 4 aromatic rings. The maximum atomic E-state index is 14.5. The van der Waals surface area contributed by atoms with Crippen molar-refractivity contribution in [2.45, 2.75) is 65.7 Å². The number of rotatable bonds is 9. The molecule has 0 radical (unpaired) electrons. The van der Waals surface area contributed by atoms with E-state index in [1.165, 1.54) is 23.3 Å². The maximum absolute atomic E-state index is 14.5. The molecule has 5 heterocycles. The summed E-state index contributed by atoms with van der Waals surface area (Å²) in [6.07, 6.45) is 5.40. The second-order valence-electron chi connectivity index (χ2n) is 13.9. The van der Waals surface area contributed by atoms with Crippen LogP contribution in [0.5, 0.6) is 0 Å². The summed E-state index contributed by atoms with van der Waals surface area (Å²) in [5, 5.41) is 11.0. The Morgan fingerprint density at radius 3 is 2.59 bits per heavy atom. The minimum Gasteiger partial charge on any atom is -0.381 e. The van der Waals surface area contributed by atoms with Gasteiger partial charge in [-0.25, -0.2) is 14.4 Å². The lowest BCUT2D eigenvalue weighted by Gasteiger charge is -2.44. The average molecular weight is 665 g/mol. The van der Waals surface area contributed by atoms with Crippen molar-refractivity contribution in [2.75, 3.05) is 55.7 Å². The van der Waals surface area contributed by atoms with Crippen molar-refractivity contribution in [2.24, 2.45) is 5.92 Å². The number of halogens is 1. The van der Waals surface area contributed by atoms with Crippen LogP contribution in [0.1, 0.15) is 60.8 Å². The van der Waals surface area contributed by atoms with Crippen LogP contribution in [0.4, 0.5) is 21.6 Å². The molecule has 3 aliphatic heterocycles. The van der Waals surface area contributed by atoms with Gasteiger partial charge in [-0.15, -0.1) is 0 Å². The number of aromatic nitrogens is 3. The van der Waals surface area contributed by atoms with E-state index in [0.717, 1.165) is 81.2 Å². The van der Waals surface area contributed by atoms with Crippen LogP contribution < -0.4 is 9.80 Å². The number of ether oxygens (including phenoxy) is 1. The van der Waals surface area contributed by atoms with E-state index in [-0.39, 0.29) is 11.9 Å². The second-order valence-corrected chi connectivity index (χ2v) is 13.9. The summed E-state index contributed by atoms with van der Waals surface area (Å²) < 4.78 is 22.1. The molecule has 3 aliphatic rings. The number of hydrogen-bond acceptors (Lipinski definition) is 8. The van der Waals surface area contributed by atoms with E-state index in [4.69, 9.17) is 9.72 Å². The van der Waals surface area contributed by atoms with E-state index in [9.17, 15) is 14.4 Å². The van der Waals surface area contributed by atoms with Gasteiger partial charge < -0.3 is 24.0 Å². The minimum atomic E-state index is -0.429. The van der Waals surface area contributed by atoms with Crippen LogP contribution in [0, 0.1) is 30.0 Å². The van der Waals surface area contributed by atoms with Gasteiger partial charge in [-0.3, -0.25) is 9.69 Å². The fourth-order valence-corrected chi connectivity index (χ4v) is 7.84. The van der Waals surface area contributed by atoms with Gasteiger partial charge in [-0.2, -0.15) is 5.26 Å². The number of nitriles is 1. The largest absolute Gasteiger partial charge is 0.381 e. The van der Waals surface area contributed by atoms with Crippen LogP contribution in [-0.2, 0) is 17.8 Å². The monoisotopic (exact) mass is 664 g/mol. The highest BCUT2D eigenvalue weighted by Gasteiger charge is 2.34. The molecule has 10 nitrogen and oxygen atoms in total. The highest BCUT2D eigenvalue weighted by molar-refractivity contribution is 6.01. The molecule has 0 atom stereocenters. The Balaban J connectivity index is 1.06. The number of likely N-dealkylation sites (tertiary alicyclic amines) is 1. The van der Waals surface area contributed by atoms with E-state index in [2.05, 4.69) is 49.4 Å². The third kappa shape index (κ3) is 6.24. The standard InChI is InChI=1S/C38H45FN8O2/c1-5-44(25(2)3)38(48)33-16-29(39)7-9-35(33)46-15-14-45(37-36(46)19-41-24-42-37)30-10-12-43(13-11-30)21-28-6-8-34-32(26(28)4)17-31(18-40)47(34)20-27-22-49-23-27/h6-9,16-17,19,24-25,27,30H,5,10-15,20-23H2,1-4H3. The van der Waals surface area contributed by atoms with Crippen molar-refractivity contribution in [1.29, 1.82) is 5.26 Å². The number of piperidine rings is 1. The molecule has 0 saturated carbocycles. The summed E-state index contributed by atoms with van der Waals surface area (Å²) in [4.78, 5) is 31.5. The molecule has 256 valence electrons. The number of carbonyl (C=O) groups excluding carboxylic acids is 1. The number of benzene rings is 2. The molecular formula is C38H45FN8O2. The Bertz CT molecular complexity index is 1890. The molecular weight excluding hydrogens is 619 g/mol. The molecule has 7 rings (SSSR count). The molecule has 49 heavy (non-hydrogen) atoms. The van der Waals surface area contributed by atoms with Crippen molar-refractivity contribution in [3.63, 3.8) is 0 Å². The predicted octanol–water partition coefficient (Wildman–Crippen LogP) is 5.89. The van der Waals surface area contributed by atoms with Crippen molar-refractivity contribution < 1.29 is 13.9 Å². The van der Waals surface area contributed by atoms with Crippen LogP contribution in [0.25, 0.3) is 10.9 Å². The molecule has 0 aliphatic carbocycles. The Kier molecular flexibility index (Phi) is 9.27. The summed E-state index contributed by atoms with van der Waals surface area (Å²) in [5.41, 5.74) is 6.26. The third-order valence-corrected chi connectivity index (χ3v) is 10.6. The highest BCUT2D eigenvalue weighted by Crippen LogP contribution is 2.40. The van der Waals surface area contributed by atoms with Crippen LogP contribution in [0.2, 0.25) is 0 Å². The van der Waals surface area contributed by atoms with E-state index in [1.807, 2.05) is 33.0 Å². The number of anilines is 3. The van der Waals surface area contributed by atoms with Crippen LogP contribution in [0.3, 0.4) is 0 Å². The minimum absolute atomic E-state index is 0.00490. The van der Waals surface area contributed by atoms with Gasteiger partial charge in [0.1, 0.15) is 29.6 Å². The first-order valence-electron chi connectivity index (χ1n) is 17.5. The Morgan fingerprint density at radius 2 is 1.90 bits per heavy atom. The van der Waals surface area contributed by atoms with E-state index in [0.29, 0.717) is 42.0 Å². The van der Waals surface area contributed by atoms with Gasteiger partial charge in [0, 0.05) is 74.7 Å². The van der Waals surface area contributed by atoms with Gasteiger partial charge >= 0.3 is 0 Å². The number of nitrogens with zero attached hydrogens (tertiary/aromatic N) is 8. The molecule has 2 aromatic heterocycles. The molecule has 0 spiro atoms. The Morgan fingerprint density at radius 1 is 1.10 bits per heavy atom. The fourth-order valence-electron chi connectivity index (χ4n) is 7.84. The normalized spacial score (nSPS) is 17.3. The molecule has 1 amide bonds. The van der Waals surface area contributed by atoms with Gasteiger partial charge in [-0.1, -0.05) is 6.07 Å². The number of carbonyl (C=O) groups is 1. The van der Waals surface area contributed by atoms with Crippen molar-refractivity contribution in [3.8, 4) is 6.07 Å². The van der Waals surface area contributed by atoms with E-state index in [1.54, 1.807) is 17.3 Å². The third-order valence-electron chi connectivity index (χ3n) is 10.6. The summed E-state index contributed by atoms with van der Waals surface area (Å²) in [6.45, 7) is 15.1. The van der Waals surface area contributed by atoms with Gasteiger partial charge in [-0.05, 0) is 82.0 Å². The number of fused-ring (bicyclic) bond motifs is 2. The summed E-state index contributed by atoms with van der Waals surface area (Å²) >= 11 is 0. The second kappa shape index (κ2) is 13.8. The number of amides is 1. The van der Waals surface area contributed by atoms with Crippen LogP contribution in [-0.4, -0.2) is 88.3 Å². The first-order valence-corrected chi connectivity index (χ1v) is 17.5. The van der Waals surface area contributed by atoms with E-state index < -0.39 is 5.82 Å². The van der Waals surface area contributed by atoms with Crippen LogP contribution in [0.15, 0.2) is 48.9 Å². The van der Waals surface area contributed by atoms with Gasteiger partial charge in [0.25, 0.3) is 5.91 Å². The first kappa shape index (κ1) is 33.0. The lowest BCUT2D eigenvalue weighted by atomic mass is 9.99. The van der Waals surface area contributed by atoms with Crippen molar-refractivity contribution in [3.05, 3.63) is 77.1 Å². The zero-order valence-corrected chi connectivity index (χ0v) is 28.9. The maximum Gasteiger partial charge on any atom is 0.256 e. The average Bonchev–Trinajstić information content (AvgIpc) is 3.45. The topological polar surface area (TPSA) is 93.8 Å². The zero-order chi connectivity index (χ0) is 34.2. The number of aryl methyl sites for hydroxylation is 1. The van der Waals surface area contributed by atoms with Crippen molar-refractivity contribution >= 4 is 34.0 Å². The number of hydrogen-bond donors (Lipinski definition) is 0. The SMILES string of the molecule is CCN(C(=O)c1cc(F)ccc1N1CCN(C2CCN(Cc3ccc4c(cc(C#N)n4CC4COC4)c3C)CC2)c2ncncc21)C(C)C. The Labute approximate surface area is 287 Å². The summed E-state index contributed by atoms with van der Waals surface area (Å²) in [7, 11) is 0. The van der Waals surface area contributed by atoms with Crippen molar-refractivity contribution in [1.82, 2.24) is 24.3 Å². The first-order chi connectivity index (χ1) is 23.8. The Hall–Kier alpha value is -4.53. The lowest BCUT2D eigenvalue weighted by molar-refractivity contribution is -0.0389. The summed E-state index contributed by atoms with van der Waals surface area (Å²) in [6, 6.07) is 13.7. The van der Waals surface area contributed by atoms with E-state index >= 15 is 0 Å². The predicted molar refractivity (Wildman–Crippen MR) is 189 cm³/mol. The van der Waals surface area contributed by atoms with Gasteiger partial charge in [0.2, 0.25) is 0 Å². The lowest BCUT2D eigenvalue weighted by Crippen LogP contribution is -2.50.